The molecule has 0 radical (unpaired) electrons. The zero-order chi connectivity index (χ0) is 24.9. The van der Waals surface area contributed by atoms with Crippen LogP contribution in [0, 0.1) is 5.92 Å². The summed E-state index contributed by atoms with van der Waals surface area (Å²) in [6.45, 7) is 2.61. The van der Waals surface area contributed by atoms with Gasteiger partial charge in [-0.15, -0.1) is 0 Å². The van der Waals surface area contributed by atoms with E-state index in [0.717, 1.165) is 32.1 Å². The lowest BCUT2D eigenvalue weighted by Gasteiger charge is -2.37. The summed E-state index contributed by atoms with van der Waals surface area (Å²) in [6.07, 6.45) is 12.8. The number of benzene rings is 2. The number of ether oxygens (including phenoxy) is 1. The summed E-state index contributed by atoms with van der Waals surface area (Å²) in [5.74, 6) is 0.632. The molecule has 36 heavy (non-hydrogen) atoms. The van der Waals surface area contributed by atoms with Gasteiger partial charge < -0.3 is 9.64 Å². The molecular weight excluding hydrogens is 446 g/mol. The Morgan fingerprint density at radius 3 is 1.97 bits per heavy atom. The smallest absolute Gasteiger partial charge is 0.410 e. The number of unbranched alkanes of at least 4 members (excludes halogenated alkanes) is 6. The number of carbonyl (C=O) groups is 2. The molecule has 2 aromatic carbocycles. The fourth-order valence-corrected chi connectivity index (χ4v) is 6.87. The first-order valence-corrected chi connectivity index (χ1v) is 14.3. The van der Waals surface area contributed by atoms with E-state index in [1.165, 1.54) is 60.8 Å². The number of piperidine rings is 1. The van der Waals surface area contributed by atoms with Crippen LogP contribution in [0.2, 0.25) is 0 Å². The number of carbonyl (C=O) groups excluding carboxylic acids is 2. The number of hydrogen-bond acceptors (Lipinski definition) is 3. The van der Waals surface area contributed by atoms with E-state index in [4.69, 9.17) is 4.74 Å². The summed E-state index contributed by atoms with van der Waals surface area (Å²) < 4.78 is 5.98. The Balaban J connectivity index is 1.12. The zero-order valence-corrected chi connectivity index (χ0v) is 21.8. The van der Waals surface area contributed by atoms with E-state index in [9.17, 15) is 9.59 Å². The molecule has 2 unspecified atom stereocenters. The molecule has 192 valence electrons. The van der Waals surface area contributed by atoms with Gasteiger partial charge in [-0.05, 0) is 54.4 Å². The van der Waals surface area contributed by atoms with Crippen molar-refractivity contribution in [2.75, 3.05) is 6.61 Å². The highest BCUT2D eigenvalue weighted by Crippen LogP contribution is 2.45. The standard InChI is InChI=1S/C32H41NO3/c1-2-3-4-5-6-7-8-17-31(34)23-20-24-18-19-25(21-23)33(24)32(35)36-22-30-28-15-11-9-13-26(28)27-14-10-12-16-29(27)30/h9-16,23-25,30H,2-8,17-22H2,1H3. The Kier molecular flexibility index (Phi) is 8.09. The summed E-state index contributed by atoms with van der Waals surface area (Å²) in [5.41, 5.74) is 4.97. The van der Waals surface area contributed by atoms with Crippen molar-refractivity contribution in [3.63, 3.8) is 0 Å². The molecular formula is C32H41NO3. The molecule has 2 bridgehead atoms. The molecule has 4 nitrogen and oxygen atoms in total. The minimum atomic E-state index is -0.192. The van der Waals surface area contributed by atoms with Crippen LogP contribution < -0.4 is 0 Å². The molecule has 2 aromatic rings. The Bertz CT molecular complexity index is 1000. The maximum absolute atomic E-state index is 13.3. The van der Waals surface area contributed by atoms with Crippen LogP contribution in [-0.2, 0) is 9.53 Å². The maximum Gasteiger partial charge on any atom is 0.410 e. The highest BCUT2D eigenvalue weighted by molar-refractivity contribution is 5.82. The number of rotatable bonds is 11. The van der Waals surface area contributed by atoms with E-state index in [0.29, 0.717) is 18.8 Å². The van der Waals surface area contributed by atoms with Crippen LogP contribution in [0.15, 0.2) is 48.5 Å². The number of fused-ring (bicyclic) bond motifs is 5. The average Bonchev–Trinajstić information content (AvgIpc) is 3.37. The topological polar surface area (TPSA) is 46.6 Å². The van der Waals surface area contributed by atoms with Gasteiger partial charge in [0.1, 0.15) is 12.4 Å². The lowest BCUT2D eigenvalue weighted by Crippen LogP contribution is -2.48. The Labute approximate surface area is 216 Å². The minimum Gasteiger partial charge on any atom is -0.448 e. The molecule has 2 atom stereocenters. The van der Waals surface area contributed by atoms with Crippen molar-refractivity contribution in [1.29, 1.82) is 0 Å². The van der Waals surface area contributed by atoms with Crippen molar-refractivity contribution in [1.82, 2.24) is 4.90 Å². The fraction of sp³-hybridized carbons (Fsp3) is 0.562. The van der Waals surface area contributed by atoms with Crippen molar-refractivity contribution in [3.8, 4) is 11.1 Å². The van der Waals surface area contributed by atoms with Gasteiger partial charge in [0, 0.05) is 30.3 Å². The van der Waals surface area contributed by atoms with Crippen LogP contribution in [0.25, 0.3) is 11.1 Å². The van der Waals surface area contributed by atoms with Crippen LogP contribution in [-0.4, -0.2) is 35.5 Å². The molecule has 0 saturated carbocycles. The zero-order valence-electron chi connectivity index (χ0n) is 21.8. The summed E-state index contributed by atoms with van der Waals surface area (Å²) in [6, 6.07) is 17.2. The third-order valence-electron chi connectivity index (χ3n) is 8.76. The second-order valence-corrected chi connectivity index (χ2v) is 11.1. The molecule has 4 heteroatoms. The normalized spacial score (nSPS) is 22.4. The van der Waals surface area contributed by atoms with Gasteiger partial charge in [-0.2, -0.15) is 0 Å². The lowest BCUT2D eigenvalue weighted by molar-refractivity contribution is -0.125. The van der Waals surface area contributed by atoms with Gasteiger partial charge in [0.15, 0.2) is 0 Å². The fourth-order valence-electron chi connectivity index (χ4n) is 6.87. The Hall–Kier alpha value is -2.62. The Morgan fingerprint density at radius 1 is 0.806 bits per heavy atom. The van der Waals surface area contributed by atoms with E-state index in [1.807, 2.05) is 4.90 Å². The molecule has 2 aliphatic heterocycles. The van der Waals surface area contributed by atoms with Crippen molar-refractivity contribution in [2.24, 2.45) is 5.92 Å². The number of amides is 1. The first-order chi connectivity index (χ1) is 17.7. The molecule has 2 fully saturated rings. The van der Waals surface area contributed by atoms with Gasteiger partial charge in [-0.3, -0.25) is 4.79 Å². The second-order valence-electron chi connectivity index (χ2n) is 11.1. The second kappa shape index (κ2) is 11.6. The van der Waals surface area contributed by atoms with Crippen LogP contribution in [0.3, 0.4) is 0 Å². The average molecular weight is 488 g/mol. The molecule has 3 aliphatic rings. The van der Waals surface area contributed by atoms with E-state index in [2.05, 4.69) is 55.5 Å². The highest BCUT2D eigenvalue weighted by atomic mass is 16.6. The molecule has 1 amide bonds. The van der Waals surface area contributed by atoms with Crippen LogP contribution in [0.4, 0.5) is 4.79 Å². The number of ketones is 1. The summed E-state index contributed by atoms with van der Waals surface area (Å²) in [5, 5.41) is 0. The molecule has 0 N–H and O–H groups in total. The van der Waals surface area contributed by atoms with Gasteiger partial charge in [-0.1, -0.05) is 94.0 Å². The molecule has 5 rings (SSSR count). The summed E-state index contributed by atoms with van der Waals surface area (Å²) >= 11 is 0. The minimum absolute atomic E-state index is 0.0834. The third-order valence-corrected chi connectivity index (χ3v) is 8.76. The van der Waals surface area contributed by atoms with Crippen molar-refractivity contribution >= 4 is 11.9 Å². The van der Waals surface area contributed by atoms with Crippen molar-refractivity contribution < 1.29 is 14.3 Å². The van der Waals surface area contributed by atoms with Crippen LogP contribution >= 0.6 is 0 Å². The monoisotopic (exact) mass is 487 g/mol. The summed E-state index contributed by atoms with van der Waals surface area (Å²) in [4.78, 5) is 28.2. The molecule has 0 aromatic heterocycles. The van der Waals surface area contributed by atoms with E-state index >= 15 is 0 Å². The predicted octanol–water partition coefficient (Wildman–Crippen LogP) is 7.89. The van der Waals surface area contributed by atoms with Crippen LogP contribution in [0.5, 0.6) is 0 Å². The quantitative estimate of drug-likeness (QED) is 0.303. The third kappa shape index (κ3) is 5.23. The summed E-state index contributed by atoms with van der Waals surface area (Å²) in [7, 11) is 0. The van der Waals surface area contributed by atoms with E-state index in [-0.39, 0.29) is 30.0 Å². The predicted molar refractivity (Wildman–Crippen MR) is 144 cm³/mol. The largest absolute Gasteiger partial charge is 0.448 e. The first kappa shape index (κ1) is 25.0. The van der Waals surface area contributed by atoms with Crippen LogP contribution in [0.1, 0.15) is 101 Å². The van der Waals surface area contributed by atoms with E-state index < -0.39 is 0 Å². The van der Waals surface area contributed by atoms with E-state index in [1.54, 1.807) is 0 Å². The molecule has 2 saturated heterocycles. The first-order valence-electron chi connectivity index (χ1n) is 14.3. The molecule has 1 aliphatic carbocycles. The van der Waals surface area contributed by atoms with Gasteiger partial charge in [0.2, 0.25) is 0 Å². The Morgan fingerprint density at radius 2 is 1.36 bits per heavy atom. The van der Waals surface area contributed by atoms with Crippen molar-refractivity contribution in [3.05, 3.63) is 59.7 Å². The number of Topliss-reactive ketones (excluding diaryl/α,β-unsaturated/α-hetero) is 1. The van der Waals surface area contributed by atoms with Gasteiger partial charge in [0.05, 0.1) is 0 Å². The molecule has 2 heterocycles. The number of hydrogen-bond donors (Lipinski definition) is 0. The number of nitrogens with zero attached hydrogens (tertiary/aromatic N) is 1. The van der Waals surface area contributed by atoms with Gasteiger partial charge >= 0.3 is 6.09 Å². The lowest BCUT2D eigenvalue weighted by atomic mass is 9.85. The molecule has 0 spiro atoms. The highest BCUT2D eigenvalue weighted by Gasteiger charge is 2.45. The van der Waals surface area contributed by atoms with Gasteiger partial charge in [-0.25, -0.2) is 4.79 Å². The SMILES string of the molecule is CCCCCCCCCC(=O)C1CC2CCC(C1)N2C(=O)OCC1c2ccccc2-c2ccccc21. The maximum atomic E-state index is 13.3. The van der Waals surface area contributed by atoms with Crippen molar-refractivity contribution in [2.45, 2.75) is 102 Å². The van der Waals surface area contributed by atoms with Gasteiger partial charge in [0.25, 0.3) is 0 Å².